The van der Waals surface area contributed by atoms with Gasteiger partial charge in [-0.05, 0) is 30.8 Å². The van der Waals surface area contributed by atoms with Gasteiger partial charge in [-0.2, -0.15) is 0 Å². The first-order valence-electron chi connectivity index (χ1n) is 8.16. The molecule has 3 rings (SSSR count). The molecule has 144 valence electrons. The topological polar surface area (TPSA) is 102 Å². The lowest BCUT2D eigenvalue weighted by atomic mass is 10.1. The molecule has 1 saturated heterocycles. The molecule has 0 spiro atoms. The smallest absolute Gasteiger partial charge is 0.293 e. The van der Waals surface area contributed by atoms with Crippen molar-refractivity contribution in [2.24, 2.45) is 0 Å². The Hall–Kier alpha value is -2.01. The summed E-state index contributed by atoms with van der Waals surface area (Å²) in [6.07, 6.45) is -0.255. The molecule has 0 aliphatic carbocycles. The molecule has 2 aromatic carbocycles. The van der Waals surface area contributed by atoms with Crippen LogP contribution in [-0.2, 0) is 14.8 Å². The van der Waals surface area contributed by atoms with Gasteiger partial charge in [0.15, 0.2) is 0 Å². The van der Waals surface area contributed by atoms with E-state index in [2.05, 4.69) is 20.7 Å². The fourth-order valence-corrected chi connectivity index (χ4v) is 4.28. The van der Waals surface area contributed by atoms with Gasteiger partial charge in [0.05, 0.1) is 16.4 Å². The van der Waals surface area contributed by atoms with Crippen molar-refractivity contribution in [3.63, 3.8) is 0 Å². The van der Waals surface area contributed by atoms with Crippen LogP contribution < -0.4 is 9.62 Å². The highest BCUT2D eigenvalue weighted by atomic mass is 79.9. The molecule has 1 aliphatic rings. The van der Waals surface area contributed by atoms with E-state index in [1.165, 1.54) is 19.2 Å². The molecule has 10 heteroatoms. The highest BCUT2D eigenvalue weighted by molar-refractivity contribution is 9.10. The molecule has 0 radical (unpaired) electrons. The van der Waals surface area contributed by atoms with E-state index in [0.717, 1.165) is 16.1 Å². The number of hydrogen-bond donors (Lipinski definition) is 1. The standard InChI is InChI=1S/C17H18BrN3O5S/c1-19-27(24,25)12-6-7-15(16(10-12)21(22)23)20-8-9-26-17(11-20)13-4-2-3-5-14(13)18/h2-7,10,17,19H,8-9,11H2,1H3. The van der Waals surface area contributed by atoms with Crippen LogP contribution in [0.2, 0.25) is 0 Å². The van der Waals surface area contributed by atoms with Crippen molar-refractivity contribution in [3.05, 3.63) is 62.6 Å². The zero-order valence-corrected chi connectivity index (χ0v) is 16.9. The van der Waals surface area contributed by atoms with Crippen molar-refractivity contribution < 1.29 is 18.1 Å². The summed E-state index contributed by atoms with van der Waals surface area (Å²) in [5, 5.41) is 11.6. The number of anilines is 1. The van der Waals surface area contributed by atoms with Crippen LogP contribution in [0, 0.1) is 10.1 Å². The second kappa shape index (κ2) is 7.93. The number of nitro groups is 1. The molecule has 8 nitrogen and oxygen atoms in total. The Morgan fingerprint density at radius 2 is 2.04 bits per heavy atom. The van der Waals surface area contributed by atoms with Gasteiger partial charge in [-0.1, -0.05) is 34.1 Å². The Kier molecular flexibility index (Phi) is 5.80. The van der Waals surface area contributed by atoms with Gasteiger partial charge in [0.25, 0.3) is 5.69 Å². The number of rotatable bonds is 5. The Bertz CT molecular complexity index is 967. The third-order valence-corrected chi connectivity index (χ3v) is 6.52. The van der Waals surface area contributed by atoms with Crippen LogP contribution in [0.4, 0.5) is 11.4 Å². The molecule has 2 aromatic rings. The average molecular weight is 456 g/mol. The summed E-state index contributed by atoms with van der Waals surface area (Å²) in [7, 11) is -2.50. The second-order valence-corrected chi connectivity index (χ2v) is 8.68. The number of ether oxygens (including phenoxy) is 1. The molecule has 1 N–H and O–H groups in total. The van der Waals surface area contributed by atoms with Gasteiger partial charge in [0.2, 0.25) is 10.0 Å². The van der Waals surface area contributed by atoms with Crippen LogP contribution in [0.25, 0.3) is 0 Å². The van der Waals surface area contributed by atoms with Crippen LogP contribution in [0.15, 0.2) is 51.8 Å². The van der Waals surface area contributed by atoms with Gasteiger partial charge >= 0.3 is 0 Å². The van der Waals surface area contributed by atoms with E-state index in [0.29, 0.717) is 25.4 Å². The lowest BCUT2D eigenvalue weighted by Gasteiger charge is -2.34. The summed E-state index contributed by atoms with van der Waals surface area (Å²) in [5.74, 6) is 0. The SMILES string of the molecule is CNS(=O)(=O)c1ccc(N2CCOC(c3ccccc3Br)C2)c([N+](=O)[O-])c1. The lowest BCUT2D eigenvalue weighted by Crippen LogP contribution is -2.38. The van der Waals surface area contributed by atoms with Crippen LogP contribution in [0.3, 0.4) is 0 Å². The predicted octanol–water partition coefficient (Wildman–Crippen LogP) is 2.84. The van der Waals surface area contributed by atoms with E-state index in [4.69, 9.17) is 4.74 Å². The van der Waals surface area contributed by atoms with E-state index >= 15 is 0 Å². The van der Waals surface area contributed by atoms with Crippen molar-refractivity contribution in [2.75, 3.05) is 31.6 Å². The summed E-state index contributed by atoms with van der Waals surface area (Å²) in [4.78, 5) is 12.7. The number of nitrogens with zero attached hydrogens (tertiary/aromatic N) is 2. The second-order valence-electron chi connectivity index (χ2n) is 5.94. The Morgan fingerprint density at radius 3 is 2.70 bits per heavy atom. The van der Waals surface area contributed by atoms with Gasteiger partial charge in [-0.3, -0.25) is 10.1 Å². The van der Waals surface area contributed by atoms with Crippen molar-refractivity contribution in [3.8, 4) is 0 Å². The van der Waals surface area contributed by atoms with Crippen LogP contribution in [0.5, 0.6) is 0 Å². The first kappa shape index (κ1) is 19.7. The first-order chi connectivity index (χ1) is 12.8. The zero-order valence-electron chi connectivity index (χ0n) is 14.5. The Morgan fingerprint density at radius 1 is 1.30 bits per heavy atom. The molecule has 0 amide bonds. The summed E-state index contributed by atoms with van der Waals surface area (Å²) in [6.45, 7) is 1.29. The molecule has 1 heterocycles. The van der Waals surface area contributed by atoms with E-state index in [1.807, 2.05) is 29.2 Å². The molecule has 1 unspecified atom stereocenters. The van der Waals surface area contributed by atoms with Crippen molar-refractivity contribution in [1.29, 1.82) is 0 Å². The van der Waals surface area contributed by atoms with Crippen molar-refractivity contribution in [2.45, 2.75) is 11.0 Å². The predicted molar refractivity (Wildman–Crippen MR) is 104 cm³/mol. The maximum absolute atomic E-state index is 12.0. The molecular formula is C17H18BrN3O5S. The van der Waals surface area contributed by atoms with Gasteiger partial charge in [-0.25, -0.2) is 13.1 Å². The quantitative estimate of drug-likeness (QED) is 0.549. The van der Waals surface area contributed by atoms with E-state index in [9.17, 15) is 18.5 Å². The first-order valence-corrected chi connectivity index (χ1v) is 10.4. The van der Waals surface area contributed by atoms with Crippen LogP contribution >= 0.6 is 15.9 Å². The number of nitrogens with one attached hydrogen (secondary N) is 1. The lowest BCUT2D eigenvalue weighted by molar-refractivity contribution is -0.384. The largest absolute Gasteiger partial charge is 0.370 e. The minimum atomic E-state index is -3.76. The molecule has 1 aliphatic heterocycles. The fourth-order valence-electron chi connectivity index (χ4n) is 2.99. The number of benzene rings is 2. The summed E-state index contributed by atoms with van der Waals surface area (Å²) in [5.41, 5.74) is 1.08. The van der Waals surface area contributed by atoms with Crippen molar-refractivity contribution in [1.82, 2.24) is 4.72 Å². The molecular weight excluding hydrogens is 438 g/mol. The van der Waals surface area contributed by atoms with Gasteiger partial charge in [-0.15, -0.1) is 0 Å². The van der Waals surface area contributed by atoms with Crippen LogP contribution in [-0.4, -0.2) is 40.1 Å². The third-order valence-electron chi connectivity index (χ3n) is 4.38. The number of nitro benzene ring substituents is 1. The normalized spacial score (nSPS) is 17.7. The van der Waals surface area contributed by atoms with Gasteiger partial charge < -0.3 is 9.64 Å². The van der Waals surface area contributed by atoms with Crippen molar-refractivity contribution >= 4 is 37.3 Å². The maximum atomic E-state index is 12.0. The monoisotopic (exact) mass is 455 g/mol. The van der Waals surface area contributed by atoms with Crippen LogP contribution in [0.1, 0.15) is 11.7 Å². The summed E-state index contributed by atoms with van der Waals surface area (Å²) in [6, 6.07) is 11.6. The fraction of sp³-hybridized carbons (Fsp3) is 0.294. The molecule has 0 aromatic heterocycles. The number of halogens is 1. The minimum absolute atomic E-state index is 0.143. The Labute approximate surface area is 165 Å². The number of morpholine rings is 1. The Balaban J connectivity index is 1.95. The number of sulfonamides is 1. The molecule has 0 bridgehead atoms. The summed E-state index contributed by atoms with van der Waals surface area (Å²) < 4.78 is 32.8. The zero-order chi connectivity index (χ0) is 19.6. The number of hydrogen-bond acceptors (Lipinski definition) is 6. The minimum Gasteiger partial charge on any atom is -0.370 e. The van der Waals surface area contributed by atoms with E-state index in [1.54, 1.807) is 0 Å². The van der Waals surface area contributed by atoms with Gasteiger partial charge in [0, 0.05) is 23.6 Å². The molecule has 0 saturated carbocycles. The highest BCUT2D eigenvalue weighted by Crippen LogP contribution is 2.35. The third kappa shape index (κ3) is 4.13. The molecule has 1 fully saturated rings. The highest BCUT2D eigenvalue weighted by Gasteiger charge is 2.29. The molecule has 1 atom stereocenters. The van der Waals surface area contributed by atoms with E-state index in [-0.39, 0.29) is 16.7 Å². The summed E-state index contributed by atoms with van der Waals surface area (Å²) >= 11 is 3.50. The maximum Gasteiger partial charge on any atom is 0.293 e. The van der Waals surface area contributed by atoms with Gasteiger partial charge in [0.1, 0.15) is 11.8 Å². The van der Waals surface area contributed by atoms with E-state index < -0.39 is 14.9 Å². The average Bonchev–Trinajstić information content (AvgIpc) is 2.68. The molecule has 27 heavy (non-hydrogen) atoms.